The van der Waals surface area contributed by atoms with Crippen molar-refractivity contribution in [3.8, 4) is 0 Å². The molecule has 0 bridgehead atoms. The molecule has 2 nitrogen and oxygen atoms in total. The van der Waals surface area contributed by atoms with Crippen molar-refractivity contribution in [1.82, 2.24) is 0 Å². The second-order valence-electron chi connectivity index (χ2n) is 2.89. The summed E-state index contributed by atoms with van der Waals surface area (Å²) in [7, 11) is 0. The van der Waals surface area contributed by atoms with Crippen LogP contribution in [0.1, 0.15) is 11.1 Å². The highest BCUT2D eigenvalue weighted by Gasteiger charge is 2.30. The molecule has 0 saturated carbocycles. The zero-order chi connectivity index (χ0) is 12.3. The van der Waals surface area contributed by atoms with E-state index < -0.39 is 23.5 Å². The van der Waals surface area contributed by atoms with Crippen molar-refractivity contribution in [2.45, 2.75) is 6.18 Å². The lowest BCUT2D eigenvalue weighted by molar-refractivity contribution is -0.297. The van der Waals surface area contributed by atoms with E-state index in [1.54, 1.807) is 0 Å². The predicted molar refractivity (Wildman–Crippen MR) is 45.4 cm³/mol. The summed E-state index contributed by atoms with van der Waals surface area (Å²) >= 11 is 0. The fraction of sp³-hybridized carbons (Fsp3) is 0.100. The summed E-state index contributed by atoms with van der Waals surface area (Å²) in [6.45, 7) is 0. The van der Waals surface area contributed by atoms with Crippen LogP contribution in [0.5, 0.6) is 0 Å². The van der Waals surface area contributed by atoms with Gasteiger partial charge in [0.15, 0.2) is 0 Å². The molecule has 0 aliphatic heterocycles. The van der Waals surface area contributed by atoms with Crippen LogP contribution in [-0.4, -0.2) is 5.97 Å². The van der Waals surface area contributed by atoms with Crippen LogP contribution in [0, 0.1) is 5.82 Å². The largest absolute Gasteiger partial charge is 0.545 e. The molecule has 0 aromatic heterocycles. The fourth-order valence-electron chi connectivity index (χ4n) is 0.996. The first-order valence-corrected chi connectivity index (χ1v) is 4.06. The molecule has 1 aromatic rings. The fourth-order valence-corrected chi connectivity index (χ4v) is 0.996. The molecule has 0 unspecified atom stereocenters. The maximum absolute atomic E-state index is 13.1. The van der Waals surface area contributed by atoms with Gasteiger partial charge in [-0.3, -0.25) is 0 Å². The van der Waals surface area contributed by atoms with Crippen molar-refractivity contribution in [2.75, 3.05) is 0 Å². The molecule has 16 heavy (non-hydrogen) atoms. The van der Waals surface area contributed by atoms with Gasteiger partial charge in [0.05, 0.1) is 11.5 Å². The van der Waals surface area contributed by atoms with Gasteiger partial charge in [-0.05, 0) is 18.2 Å². The number of alkyl halides is 3. The Morgan fingerprint density at radius 3 is 2.38 bits per heavy atom. The molecule has 0 spiro atoms. The summed E-state index contributed by atoms with van der Waals surface area (Å²) < 4.78 is 49.4. The van der Waals surface area contributed by atoms with E-state index in [-0.39, 0.29) is 5.56 Å². The van der Waals surface area contributed by atoms with Crippen molar-refractivity contribution in [2.24, 2.45) is 0 Å². The van der Waals surface area contributed by atoms with Gasteiger partial charge in [-0.2, -0.15) is 13.2 Å². The van der Waals surface area contributed by atoms with Crippen molar-refractivity contribution in [1.29, 1.82) is 0 Å². The summed E-state index contributed by atoms with van der Waals surface area (Å²) in [6, 6.07) is 1.81. The molecule has 0 aliphatic rings. The number of hydrogen-bond acceptors (Lipinski definition) is 2. The molecular formula is C10H5F4O2-. The number of rotatable bonds is 2. The Bertz CT molecular complexity index is 435. The van der Waals surface area contributed by atoms with Crippen LogP contribution in [0.15, 0.2) is 24.3 Å². The van der Waals surface area contributed by atoms with Gasteiger partial charge in [0, 0.05) is 5.56 Å². The van der Waals surface area contributed by atoms with E-state index in [1.807, 2.05) is 0 Å². The quantitative estimate of drug-likeness (QED) is 0.575. The van der Waals surface area contributed by atoms with Crippen molar-refractivity contribution < 1.29 is 27.5 Å². The monoisotopic (exact) mass is 233 g/mol. The van der Waals surface area contributed by atoms with Crippen molar-refractivity contribution in [3.63, 3.8) is 0 Å². The van der Waals surface area contributed by atoms with Gasteiger partial charge in [0.25, 0.3) is 0 Å². The number of carbonyl (C=O) groups excluding carboxylic acids is 1. The third kappa shape index (κ3) is 3.08. The summed E-state index contributed by atoms with van der Waals surface area (Å²) in [5.74, 6) is -2.70. The summed E-state index contributed by atoms with van der Waals surface area (Å²) in [6.07, 6.45) is -3.27. The Morgan fingerprint density at radius 1 is 1.31 bits per heavy atom. The Labute approximate surface area is 87.8 Å². The van der Waals surface area contributed by atoms with Crippen LogP contribution in [-0.2, 0) is 11.0 Å². The van der Waals surface area contributed by atoms with Crippen LogP contribution in [0.25, 0.3) is 6.08 Å². The van der Waals surface area contributed by atoms with Crippen molar-refractivity contribution >= 4 is 12.0 Å². The van der Waals surface area contributed by atoms with Crippen LogP contribution >= 0.6 is 0 Å². The second-order valence-corrected chi connectivity index (χ2v) is 2.89. The molecule has 0 radical (unpaired) electrons. The van der Waals surface area contributed by atoms with Crippen LogP contribution in [0.2, 0.25) is 0 Å². The Hall–Kier alpha value is -1.85. The molecule has 1 rings (SSSR count). The van der Waals surface area contributed by atoms with Gasteiger partial charge in [-0.15, -0.1) is 0 Å². The normalized spacial score (nSPS) is 12.0. The third-order valence-electron chi connectivity index (χ3n) is 1.73. The van der Waals surface area contributed by atoms with E-state index in [2.05, 4.69) is 0 Å². The SMILES string of the molecule is O=C([O-])/C=C/c1ccc(C(F)(F)F)cc1F. The van der Waals surface area contributed by atoms with Gasteiger partial charge < -0.3 is 9.90 Å². The minimum absolute atomic E-state index is 0.253. The number of carbonyl (C=O) groups is 1. The number of aliphatic carboxylic acids is 1. The topological polar surface area (TPSA) is 40.1 Å². The molecule has 86 valence electrons. The Balaban J connectivity index is 3.05. The minimum atomic E-state index is -4.63. The lowest BCUT2D eigenvalue weighted by Gasteiger charge is -2.07. The number of benzene rings is 1. The Morgan fingerprint density at radius 2 is 1.94 bits per heavy atom. The van der Waals surface area contributed by atoms with Crippen LogP contribution < -0.4 is 5.11 Å². The van der Waals surface area contributed by atoms with E-state index >= 15 is 0 Å². The summed E-state index contributed by atoms with van der Waals surface area (Å²) in [4.78, 5) is 10.0. The first kappa shape index (κ1) is 12.2. The van der Waals surface area contributed by atoms with Gasteiger partial charge in [-0.1, -0.05) is 12.1 Å². The van der Waals surface area contributed by atoms with E-state index in [1.165, 1.54) is 0 Å². The van der Waals surface area contributed by atoms with Crippen molar-refractivity contribution in [3.05, 3.63) is 41.2 Å². The third-order valence-corrected chi connectivity index (χ3v) is 1.73. The van der Waals surface area contributed by atoms with Gasteiger partial charge in [0.2, 0.25) is 0 Å². The van der Waals surface area contributed by atoms with E-state index in [0.29, 0.717) is 18.2 Å². The average molecular weight is 233 g/mol. The zero-order valence-electron chi connectivity index (χ0n) is 7.72. The highest BCUT2D eigenvalue weighted by atomic mass is 19.4. The highest BCUT2D eigenvalue weighted by Crippen LogP contribution is 2.30. The predicted octanol–water partition coefficient (Wildman–Crippen LogP) is 1.61. The molecule has 1 aromatic carbocycles. The number of carboxylic acid groups (broad SMARTS) is 1. The highest BCUT2D eigenvalue weighted by molar-refractivity contribution is 5.83. The first-order valence-electron chi connectivity index (χ1n) is 4.06. The second kappa shape index (κ2) is 4.34. The number of hydrogen-bond donors (Lipinski definition) is 0. The Kier molecular flexibility index (Phi) is 3.31. The number of halogens is 4. The summed E-state index contributed by atoms with van der Waals surface area (Å²) in [5, 5.41) is 10.0. The van der Waals surface area contributed by atoms with Gasteiger partial charge >= 0.3 is 6.18 Å². The summed E-state index contributed by atoms with van der Waals surface area (Å²) in [5.41, 5.74) is -1.38. The molecule has 0 atom stereocenters. The van der Waals surface area contributed by atoms with Crippen LogP contribution in [0.3, 0.4) is 0 Å². The lowest BCUT2D eigenvalue weighted by Crippen LogP contribution is -2.18. The molecule has 0 saturated heterocycles. The smallest absolute Gasteiger partial charge is 0.416 e. The molecule has 0 heterocycles. The molecular weight excluding hydrogens is 228 g/mol. The van der Waals surface area contributed by atoms with Gasteiger partial charge in [0.1, 0.15) is 5.82 Å². The standard InChI is InChI=1S/C10H6F4O2/c11-8-5-7(10(12,13)14)3-1-6(8)2-4-9(15)16/h1-5H,(H,15,16)/p-1/b4-2+. The maximum atomic E-state index is 13.1. The molecule has 6 heteroatoms. The van der Waals surface area contributed by atoms with E-state index in [4.69, 9.17) is 0 Å². The maximum Gasteiger partial charge on any atom is 0.416 e. The number of carboxylic acids is 1. The first-order chi connectivity index (χ1) is 7.30. The molecule has 0 fully saturated rings. The molecule has 0 aliphatic carbocycles. The minimum Gasteiger partial charge on any atom is -0.545 e. The lowest BCUT2D eigenvalue weighted by atomic mass is 10.1. The molecule has 0 N–H and O–H groups in total. The van der Waals surface area contributed by atoms with E-state index in [9.17, 15) is 27.5 Å². The van der Waals surface area contributed by atoms with Crippen LogP contribution in [0.4, 0.5) is 17.6 Å². The molecule has 0 amide bonds. The average Bonchev–Trinajstić information content (AvgIpc) is 2.14. The van der Waals surface area contributed by atoms with Gasteiger partial charge in [-0.25, -0.2) is 4.39 Å². The van der Waals surface area contributed by atoms with E-state index in [0.717, 1.165) is 12.1 Å². The zero-order valence-corrected chi connectivity index (χ0v) is 7.72.